The van der Waals surface area contributed by atoms with Crippen LogP contribution in [0.4, 0.5) is 0 Å². The summed E-state index contributed by atoms with van der Waals surface area (Å²) >= 11 is 17.2. The molecule has 2 aromatic rings. The first-order valence-corrected chi connectivity index (χ1v) is 5.71. The van der Waals surface area contributed by atoms with E-state index < -0.39 is 5.56 Å². The van der Waals surface area contributed by atoms with E-state index in [1.165, 1.54) is 17.1 Å². The largest absolute Gasteiger partial charge is 0.321 e. The molecule has 0 unspecified atom stereocenters. The third-order valence-electron chi connectivity index (χ3n) is 2.26. The fourth-order valence-electron chi connectivity index (χ4n) is 1.26. The average molecular weight is 294 g/mol. The number of imidazole rings is 1. The van der Waals surface area contributed by atoms with Crippen molar-refractivity contribution in [1.82, 2.24) is 19.3 Å². The maximum Gasteiger partial charge on any atom is 0.287 e. The highest BCUT2D eigenvalue weighted by atomic mass is 35.5. The summed E-state index contributed by atoms with van der Waals surface area (Å²) in [5, 5.41) is 4.43. The second-order valence-electron chi connectivity index (χ2n) is 3.33. The highest BCUT2D eigenvalue weighted by Crippen LogP contribution is 2.15. The van der Waals surface area contributed by atoms with E-state index >= 15 is 0 Å². The maximum absolute atomic E-state index is 11.7. The summed E-state index contributed by atoms with van der Waals surface area (Å²) in [5.74, 6) is 0.600. The van der Waals surface area contributed by atoms with Gasteiger partial charge < -0.3 is 4.57 Å². The molecule has 0 aromatic carbocycles. The molecule has 2 heterocycles. The zero-order chi connectivity index (χ0) is 12.6. The first-order chi connectivity index (χ1) is 8.00. The standard InChI is InChI=1S/C9H7Cl3N4O/c1-15-6(11)3-13-7(15)4-16-9(17)8(12)5(10)2-14-16/h2-3H,4H2,1H3. The average Bonchev–Trinajstić information content (AvgIpc) is 2.62. The van der Waals surface area contributed by atoms with Gasteiger partial charge >= 0.3 is 0 Å². The molecule has 0 fully saturated rings. The molecular formula is C9H7Cl3N4O. The van der Waals surface area contributed by atoms with Gasteiger partial charge in [-0.2, -0.15) is 5.10 Å². The Bertz CT molecular complexity index is 619. The number of aromatic nitrogens is 4. The molecule has 0 spiro atoms. The lowest BCUT2D eigenvalue weighted by Crippen LogP contribution is -2.25. The molecule has 2 aromatic heterocycles. The second-order valence-corrected chi connectivity index (χ2v) is 4.50. The van der Waals surface area contributed by atoms with Gasteiger partial charge in [-0.1, -0.05) is 34.8 Å². The lowest BCUT2D eigenvalue weighted by Gasteiger charge is -2.05. The van der Waals surface area contributed by atoms with Gasteiger partial charge in [-0.05, 0) is 0 Å². The van der Waals surface area contributed by atoms with E-state index in [9.17, 15) is 4.79 Å². The lowest BCUT2D eigenvalue weighted by molar-refractivity contribution is 0.597. The van der Waals surface area contributed by atoms with Gasteiger partial charge in [-0.3, -0.25) is 4.79 Å². The topological polar surface area (TPSA) is 52.7 Å². The molecule has 0 atom stereocenters. The SMILES string of the molecule is Cn1c(Cl)cnc1Cn1ncc(Cl)c(Cl)c1=O. The van der Waals surface area contributed by atoms with Crippen LogP contribution in [0.5, 0.6) is 0 Å². The Morgan fingerprint density at radius 1 is 1.29 bits per heavy atom. The lowest BCUT2D eigenvalue weighted by atomic mass is 10.5. The predicted molar refractivity (Wildman–Crippen MR) is 65.8 cm³/mol. The molecule has 90 valence electrons. The van der Waals surface area contributed by atoms with Crippen molar-refractivity contribution in [2.75, 3.05) is 0 Å². The molecule has 0 aliphatic heterocycles. The van der Waals surface area contributed by atoms with E-state index in [-0.39, 0.29) is 16.6 Å². The van der Waals surface area contributed by atoms with Crippen LogP contribution in [-0.2, 0) is 13.6 Å². The van der Waals surface area contributed by atoms with Gasteiger partial charge in [0.1, 0.15) is 22.5 Å². The number of halogens is 3. The van der Waals surface area contributed by atoms with Crippen molar-refractivity contribution >= 4 is 34.8 Å². The van der Waals surface area contributed by atoms with E-state index in [0.717, 1.165) is 0 Å². The van der Waals surface area contributed by atoms with E-state index in [1.54, 1.807) is 11.6 Å². The molecular weight excluding hydrogens is 286 g/mol. The highest BCUT2D eigenvalue weighted by molar-refractivity contribution is 6.41. The van der Waals surface area contributed by atoms with E-state index in [0.29, 0.717) is 11.0 Å². The fourth-order valence-corrected chi connectivity index (χ4v) is 1.68. The Hall–Kier alpha value is -1.04. The van der Waals surface area contributed by atoms with Gasteiger partial charge in [-0.15, -0.1) is 0 Å². The Labute approximate surface area is 112 Å². The van der Waals surface area contributed by atoms with Gasteiger partial charge in [0.05, 0.1) is 17.4 Å². The molecule has 0 bridgehead atoms. The number of nitrogens with zero attached hydrogens (tertiary/aromatic N) is 4. The number of hydrogen-bond donors (Lipinski definition) is 0. The van der Waals surface area contributed by atoms with Crippen molar-refractivity contribution in [2.24, 2.45) is 7.05 Å². The Morgan fingerprint density at radius 3 is 2.59 bits per heavy atom. The molecule has 0 radical (unpaired) electrons. The molecule has 2 rings (SSSR count). The zero-order valence-electron chi connectivity index (χ0n) is 8.69. The van der Waals surface area contributed by atoms with Gasteiger partial charge in [0.15, 0.2) is 0 Å². The minimum Gasteiger partial charge on any atom is -0.321 e. The van der Waals surface area contributed by atoms with Crippen LogP contribution in [0.15, 0.2) is 17.2 Å². The highest BCUT2D eigenvalue weighted by Gasteiger charge is 2.10. The van der Waals surface area contributed by atoms with Crippen LogP contribution in [-0.4, -0.2) is 19.3 Å². The van der Waals surface area contributed by atoms with Gasteiger partial charge in [0.25, 0.3) is 5.56 Å². The van der Waals surface area contributed by atoms with Crippen molar-refractivity contribution in [3.8, 4) is 0 Å². The minimum atomic E-state index is -0.460. The fraction of sp³-hybridized carbons (Fsp3) is 0.222. The quantitative estimate of drug-likeness (QED) is 0.851. The van der Waals surface area contributed by atoms with Crippen LogP contribution >= 0.6 is 34.8 Å². The summed E-state index contributed by atoms with van der Waals surface area (Å²) in [6, 6.07) is 0. The molecule has 0 N–H and O–H groups in total. The van der Waals surface area contributed by atoms with Gasteiger partial charge in [0, 0.05) is 7.05 Å². The van der Waals surface area contributed by atoms with Crippen LogP contribution in [0.3, 0.4) is 0 Å². The molecule has 8 heteroatoms. The number of hydrogen-bond acceptors (Lipinski definition) is 3. The van der Waals surface area contributed by atoms with Crippen molar-refractivity contribution in [2.45, 2.75) is 6.54 Å². The first-order valence-electron chi connectivity index (χ1n) is 4.58. The summed E-state index contributed by atoms with van der Waals surface area (Å²) in [7, 11) is 1.74. The van der Waals surface area contributed by atoms with Gasteiger partial charge in [0.2, 0.25) is 0 Å². The van der Waals surface area contributed by atoms with Crippen molar-refractivity contribution in [1.29, 1.82) is 0 Å². The zero-order valence-corrected chi connectivity index (χ0v) is 11.0. The monoisotopic (exact) mass is 292 g/mol. The first kappa shape index (κ1) is 12.4. The van der Waals surface area contributed by atoms with Crippen LogP contribution in [0.25, 0.3) is 0 Å². The van der Waals surface area contributed by atoms with Crippen LogP contribution in [0, 0.1) is 0 Å². The van der Waals surface area contributed by atoms with Crippen LogP contribution in [0.2, 0.25) is 15.2 Å². The van der Waals surface area contributed by atoms with E-state index in [2.05, 4.69) is 10.1 Å². The van der Waals surface area contributed by atoms with E-state index in [4.69, 9.17) is 34.8 Å². The van der Waals surface area contributed by atoms with Crippen molar-refractivity contribution in [3.63, 3.8) is 0 Å². The van der Waals surface area contributed by atoms with Crippen molar-refractivity contribution < 1.29 is 0 Å². The normalized spacial score (nSPS) is 10.8. The van der Waals surface area contributed by atoms with Crippen molar-refractivity contribution in [3.05, 3.63) is 43.8 Å². The third-order valence-corrected chi connectivity index (χ3v) is 3.36. The molecule has 0 aliphatic carbocycles. The van der Waals surface area contributed by atoms with E-state index in [1.807, 2.05) is 0 Å². The summed E-state index contributed by atoms with van der Waals surface area (Å²) in [4.78, 5) is 15.8. The Kier molecular flexibility index (Phi) is 3.42. The van der Waals surface area contributed by atoms with Gasteiger partial charge in [-0.25, -0.2) is 9.67 Å². The Morgan fingerprint density at radius 2 is 2.00 bits per heavy atom. The summed E-state index contributed by atoms with van der Waals surface area (Å²) in [6.45, 7) is 0.180. The predicted octanol–water partition coefficient (Wildman–Crippen LogP) is 1.99. The summed E-state index contributed by atoms with van der Waals surface area (Å²) in [6.07, 6.45) is 2.81. The summed E-state index contributed by atoms with van der Waals surface area (Å²) < 4.78 is 2.82. The van der Waals surface area contributed by atoms with Crippen LogP contribution in [0.1, 0.15) is 5.82 Å². The molecule has 0 amide bonds. The maximum atomic E-state index is 11.7. The summed E-state index contributed by atoms with van der Waals surface area (Å²) in [5.41, 5.74) is -0.460. The molecule has 0 aliphatic rings. The van der Waals surface area contributed by atoms with Crippen LogP contribution < -0.4 is 5.56 Å². The second kappa shape index (κ2) is 4.68. The molecule has 5 nitrogen and oxygen atoms in total. The molecule has 0 saturated heterocycles. The Balaban J connectivity index is 2.41. The molecule has 0 saturated carbocycles. The smallest absolute Gasteiger partial charge is 0.287 e. The number of rotatable bonds is 2. The molecule has 17 heavy (non-hydrogen) atoms. The minimum absolute atomic E-state index is 0.0537. The third kappa shape index (κ3) is 2.31.